The number of hydrogen-bond acceptors (Lipinski definition) is 8. The van der Waals surface area contributed by atoms with Gasteiger partial charge < -0.3 is 29.2 Å². The van der Waals surface area contributed by atoms with Crippen LogP contribution in [0.5, 0.6) is 5.75 Å². The van der Waals surface area contributed by atoms with Crippen molar-refractivity contribution in [3.05, 3.63) is 99.6 Å². The monoisotopic (exact) mass is 635 g/mol. The Kier molecular flexibility index (Phi) is 8.65. The maximum Gasteiger partial charge on any atom is 0.274 e. The Morgan fingerprint density at radius 1 is 0.957 bits per heavy atom. The number of pyridine rings is 2. The number of amides is 2. The molecule has 1 saturated heterocycles. The molecule has 11 heteroatoms. The number of hydrogen-bond donors (Lipinski definition) is 1. The van der Waals surface area contributed by atoms with E-state index in [1.807, 2.05) is 12.1 Å². The van der Waals surface area contributed by atoms with Crippen molar-refractivity contribution in [2.45, 2.75) is 26.2 Å². The molecule has 1 fully saturated rings. The molecule has 0 spiro atoms. The minimum atomic E-state index is -0.307. The SMILES string of the molecule is Cn1cc(-c2cccc(N3CCOc4cc(C(C)(C)C)ccc4C3=O)c2C=O)cc(Nc2ccc(C(=O)N3CCOCC3)cn2)c1=O. The van der Waals surface area contributed by atoms with Crippen LogP contribution in [0.15, 0.2) is 71.8 Å². The lowest BCUT2D eigenvalue weighted by Gasteiger charge is -2.26. The Labute approximate surface area is 272 Å². The zero-order chi connectivity index (χ0) is 33.3. The van der Waals surface area contributed by atoms with Gasteiger partial charge in [-0.25, -0.2) is 4.98 Å². The smallest absolute Gasteiger partial charge is 0.274 e. The van der Waals surface area contributed by atoms with Crippen LogP contribution in [0.25, 0.3) is 11.1 Å². The number of carbonyl (C=O) groups is 3. The maximum atomic E-state index is 13.9. The average Bonchev–Trinajstić information content (AvgIpc) is 3.24. The molecule has 0 radical (unpaired) electrons. The number of carbonyl (C=O) groups excluding carboxylic acids is 3. The molecule has 0 unspecified atom stereocenters. The highest BCUT2D eigenvalue weighted by Crippen LogP contribution is 2.35. The summed E-state index contributed by atoms with van der Waals surface area (Å²) >= 11 is 0. The normalized spacial score (nSPS) is 15.0. The summed E-state index contributed by atoms with van der Waals surface area (Å²) in [5.74, 6) is 0.516. The molecule has 4 aromatic rings. The molecule has 6 rings (SSSR count). The number of nitrogens with one attached hydrogen (secondary N) is 1. The molecule has 2 amide bonds. The van der Waals surface area contributed by atoms with Gasteiger partial charge in [0.15, 0.2) is 6.29 Å². The molecule has 47 heavy (non-hydrogen) atoms. The van der Waals surface area contributed by atoms with Gasteiger partial charge in [0.05, 0.1) is 36.6 Å². The van der Waals surface area contributed by atoms with E-state index in [1.165, 1.54) is 10.8 Å². The van der Waals surface area contributed by atoms with Gasteiger partial charge in [0, 0.05) is 43.7 Å². The molecule has 0 bridgehead atoms. The lowest BCUT2D eigenvalue weighted by atomic mass is 9.86. The van der Waals surface area contributed by atoms with E-state index in [0.717, 1.165) is 11.8 Å². The van der Waals surface area contributed by atoms with Gasteiger partial charge in [0.2, 0.25) is 0 Å². The predicted octanol–water partition coefficient (Wildman–Crippen LogP) is 4.81. The number of aromatic nitrogens is 2. The van der Waals surface area contributed by atoms with E-state index in [4.69, 9.17) is 9.47 Å². The first-order chi connectivity index (χ1) is 22.5. The van der Waals surface area contributed by atoms with Gasteiger partial charge >= 0.3 is 0 Å². The molecule has 1 N–H and O–H groups in total. The van der Waals surface area contributed by atoms with Gasteiger partial charge in [-0.1, -0.05) is 39.0 Å². The van der Waals surface area contributed by atoms with Gasteiger partial charge in [-0.2, -0.15) is 0 Å². The van der Waals surface area contributed by atoms with Crippen LogP contribution in [-0.4, -0.2) is 72.0 Å². The van der Waals surface area contributed by atoms with E-state index in [1.54, 1.807) is 65.5 Å². The molecule has 2 aliphatic heterocycles. The third-order valence-electron chi connectivity index (χ3n) is 8.45. The Balaban J connectivity index is 1.30. The van der Waals surface area contributed by atoms with Crippen molar-refractivity contribution in [3.8, 4) is 16.9 Å². The lowest BCUT2D eigenvalue weighted by Crippen LogP contribution is -2.40. The van der Waals surface area contributed by atoms with Crippen molar-refractivity contribution < 1.29 is 23.9 Å². The summed E-state index contributed by atoms with van der Waals surface area (Å²) in [7, 11) is 1.62. The van der Waals surface area contributed by atoms with Gasteiger partial charge in [-0.3, -0.25) is 19.2 Å². The lowest BCUT2D eigenvalue weighted by molar-refractivity contribution is 0.0302. The zero-order valence-corrected chi connectivity index (χ0v) is 26.9. The Morgan fingerprint density at radius 2 is 1.74 bits per heavy atom. The first-order valence-electron chi connectivity index (χ1n) is 15.5. The van der Waals surface area contributed by atoms with Crippen molar-refractivity contribution in [3.63, 3.8) is 0 Å². The van der Waals surface area contributed by atoms with Gasteiger partial charge in [0.25, 0.3) is 17.4 Å². The molecular formula is C36H37N5O6. The summed E-state index contributed by atoms with van der Waals surface area (Å²) in [4.78, 5) is 60.2. The molecular weight excluding hydrogens is 598 g/mol. The summed E-state index contributed by atoms with van der Waals surface area (Å²) in [6, 6.07) is 15.9. The topological polar surface area (TPSA) is 123 Å². The molecule has 2 aromatic heterocycles. The fourth-order valence-electron chi connectivity index (χ4n) is 5.80. The first kappa shape index (κ1) is 31.7. The van der Waals surface area contributed by atoms with Crippen LogP contribution in [-0.2, 0) is 17.2 Å². The third-order valence-corrected chi connectivity index (χ3v) is 8.45. The number of morpholine rings is 1. The number of rotatable bonds is 6. The third kappa shape index (κ3) is 6.39. The summed E-state index contributed by atoms with van der Waals surface area (Å²) in [5, 5.41) is 3.07. The Bertz CT molecular complexity index is 1900. The fourth-order valence-corrected chi connectivity index (χ4v) is 5.80. The molecule has 2 aromatic carbocycles. The van der Waals surface area contributed by atoms with Crippen molar-refractivity contribution in [2.75, 3.05) is 49.7 Å². The molecule has 4 heterocycles. The van der Waals surface area contributed by atoms with Crippen LogP contribution in [0.2, 0.25) is 0 Å². The van der Waals surface area contributed by atoms with Crippen molar-refractivity contribution >= 4 is 35.3 Å². The summed E-state index contributed by atoms with van der Waals surface area (Å²) in [6.45, 7) is 8.86. The number of aryl methyl sites for hydroxylation is 1. The van der Waals surface area contributed by atoms with Crippen LogP contribution in [0.3, 0.4) is 0 Å². The summed E-state index contributed by atoms with van der Waals surface area (Å²) in [6.07, 6.45) is 3.86. The van der Waals surface area contributed by atoms with E-state index >= 15 is 0 Å². The van der Waals surface area contributed by atoms with Crippen molar-refractivity contribution in [1.29, 1.82) is 0 Å². The van der Waals surface area contributed by atoms with E-state index in [0.29, 0.717) is 71.4 Å². The summed E-state index contributed by atoms with van der Waals surface area (Å²) < 4.78 is 12.8. The van der Waals surface area contributed by atoms with E-state index in [-0.39, 0.29) is 41.6 Å². The van der Waals surface area contributed by atoms with E-state index in [2.05, 4.69) is 31.1 Å². The predicted molar refractivity (Wildman–Crippen MR) is 179 cm³/mol. The number of anilines is 3. The summed E-state index contributed by atoms with van der Waals surface area (Å²) in [5.41, 5.74) is 3.64. The van der Waals surface area contributed by atoms with Crippen LogP contribution < -0.4 is 20.5 Å². The van der Waals surface area contributed by atoms with Crippen molar-refractivity contribution in [2.24, 2.45) is 7.05 Å². The second-order valence-corrected chi connectivity index (χ2v) is 12.6. The van der Waals surface area contributed by atoms with Crippen LogP contribution in [0.1, 0.15) is 57.4 Å². The largest absolute Gasteiger partial charge is 0.491 e. The molecule has 0 aliphatic carbocycles. The second-order valence-electron chi connectivity index (χ2n) is 12.6. The fraction of sp³-hybridized carbons (Fsp3) is 0.306. The maximum absolute atomic E-state index is 13.9. The Hall–Kier alpha value is -5.29. The standard InChI is InChI=1S/C36H37N5O6/c1-36(2,3)25-9-10-27-31(19-25)47-17-14-41(34(27)44)30-7-5-6-26(28(30)22-42)24-18-29(35(45)39(4)21-24)38-32-11-8-23(20-37-32)33(43)40-12-15-46-16-13-40/h5-11,18-22H,12-17H2,1-4H3,(H,37,38). The quantitative estimate of drug-likeness (QED) is 0.300. The number of aldehydes is 1. The van der Waals surface area contributed by atoms with Gasteiger partial charge in [-0.15, -0.1) is 0 Å². The zero-order valence-electron chi connectivity index (χ0n) is 26.9. The number of nitrogens with zero attached hydrogens (tertiary/aromatic N) is 4. The van der Waals surface area contributed by atoms with Crippen molar-refractivity contribution in [1.82, 2.24) is 14.5 Å². The molecule has 2 aliphatic rings. The first-order valence-corrected chi connectivity index (χ1v) is 15.5. The van der Waals surface area contributed by atoms with Crippen LogP contribution in [0.4, 0.5) is 17.2 Å². The molecule has 11 nitrogen and oxygen atoms in total. The van der Waals surface area contributed by atoms with E-state index < -0.39 is 0 Å². The minimum Gasteiger partial charge on any atom is -0.491 e. The highest BCUT2D eigenvalue weighted by molar-refractivity contribution is 6.11. The van der Waals surface area contributed by atoms with Gasteiger partial charge in [0.1, 0.15) is 23.9 Å². The number of benzene rings is 2. The highest BCUT2D eigenvalue weighted by atomic mass is 16.5. The van der Waals surface area contributed by atoms with Crippen LogP contribution >= 0.6 is 0 Å². The number of fused-ring (bicyclic) bond motifs is 1. The second kappa shape index (κ2) is 12.8. The Morgan fingerprint density at radius 3 is 2.45 bits per heavy atom. The van der Waals surface area contributed by atoms with Gasteiger partial charge in [-0.05, 0) is 52.9 Å². The number of ether oxygens (including phenoxy) is 2. The molecule has 0 saturated carbocycles. The highest BCUT2D eigenvalue weighted by Gasteiger charge is 2.29. The average molecular weight is 636 g/mol. The molecule has 0 atom stereocenters. The van der Waals surface area contributed by atoms with E-state index in [9.17, 15) is 19.2 Å². The van der Waals surface area contributed by atoms with Crippen LogP contribution in [0, 0.1) is 0 Å². The minimum absolute atomic E-state index is 0.114. The molecule has 242 valence electrons.